The number of aromatic hydroxyl groups is 2. The molecule has 8 heteroatoms. The SMILES string of the molecule is COc1cc(I)c2cc(I)cc(O)c2c1-c1c(OC)cc(I)c2cc(I)cc(O)c12. The Morgan fingerprint density at radius 2 is 0.967 bits per heavy atom. The lowest BCUT2D eigenvalue weighted by Gasteiger charge is -2.20. The van der Waals surface area contributed by atoms with Gasteiger partial charge in [0.15, 0.2) is 0 Å². The molecular weight excluding hydrogens is 836 g/mol. The Morgan fingerprint density at radius 1 is 0.600 bits per heavy atom. The van der Waals surface area contributed by atoms with Gasteiger partial charge in [0, 0.05) is 47.0 Å². The van der Waals surface area contributed by atoms with E-state index in [1.54, 1.807) is 26.4 Å². The highest BCUT2D eigenvalue weighted by molar-refractivity contribution is 14.1. The van der Waals surface area contributed by atoms with Gasteiger partial charge in [0.25, 0.3) is 0 Å². The Labute approximate surface area is 227 Å². The van der Waals surface area contributed by atoms with Crippen molar-refractivity contribution in [1.82, 2.24) is 0 Å². The van der Waals surface area contributed by atoms with Crippen molar-refractivity contribution in [2.45, 2.75) is 0 Å². The maximum absolute atomic E-state index is 11.0. The van der Waals surface area contributed by atoms with Crippen LogP contribution in [-0.2, 0) is 0 Å². The number of phenolic OH excluding ortho intramolecular Hbond substituents is 2. The molecule has 4 aromatic rings. The number of fused-ring (bicyclic) bond motifs is 2. The summed E-state index contributed by atoms with van der Waals surface area (Å²) in [5.41, 5.74) is 1.38. The second-order valence-corrected chi connectivity index (χ2v) is 11.4. The molecule has 4 rings (SSSR count). The molecule has 2 N–H and O–H groups in total. The molecule has 0 aliphatic carbocycles. The molecule has 0 aliphatic rings. The van der Waals surface area contributed by atoms with Crippen LogP contribution in [0.25, 0.3) is 32.7 Å². The number of methoxy groups -OCH3 is 2. The van der Waals surface area contributed by atoms with Crippen molar-refractivity contribution >= 4 is 112 Å². The van der Waals surface area contributed by atoms with Crippen LogP contribution in [0.4, 0.5) is 0 Å². The number of ether oxygens (including phenoxy) is 2. The summed E-state index contributed by atoms with van der Waals surface area (Å²) in [6, 6.07) is 11.4. The molecule has 4 nitrogen and oxygen atoms in total. The van der Waals surface area contributed by atoms with Crippen LogP contribution in [-0.4, -0.2) is 24.4 Å². The second kappa shape index (κ2) is 8.81. The zero-order chi connectivity index (χ0) is 21.7. The van der Waals surface area contributed by atoms with E-state index in [1.165, 1.54) is 0 Å². The molecule has 0 unspecified atom stereocenters. The third kappa shape index (κ3) is 3.78. The Kier molecular flexibility index (Phi) is 6.67. The molecule has 0 saturated carbocycles. The molecule has 0 radical (unpaired) electrons. The molecule has 0 heterocycles. The van der Waals surface area contributed by atoms with Gasteiger partial charge in [-0.25, -0.2) is 0 Å². The van der Waals surface area contributed by atoms with Crippen molar-refractivity contribution in [3.8, 4) is 34.1 Å². The van der Waals surface area contributed by atoms with Crippen LogP contribution in [0.3, 0.4) is 0 Å². The first kappa shape index (κ1) is 22.7. The summed E-state index contributed by atoms with van der Waals surface area (Å²) in [6.07, 6.45) is 0. The predicted octanol–water partition coefficient (Wildman–Crippen LogP) is 7.51. The van der Waals surface area contributed by atoms with E-state index >= 15 is 0 Å². The molecule has 0 amide bonds. The van der Waals surface area contributed by atoms with Crippen molar-refractivity contribution in [3.63, 3.8) is 0 Å². The number of phenols is 2. The second-order valence-electron chi connectivity index (χ2n) is 6.57. The summed E-state index contributed by atoms with van der Waals surface area (Å²) in [5.74, 6) is 1.51. The van der Waals surface area contributed by atoms with Gasteiger partial charge >= 0.3 is 0 Å². The third-order valence-electron chi connectivity index (χ3n) is 4.88. The molecule has 0 atom stereocenters. The predicted molar refractivity (Wildman–Crippen MR) is 154 cm³/mol. The van der Waals surface area contributed by atoms with Crippen LogP contribution in [0.5, 0.6) is 23.0 Å². The van der Waals surface area contributed by atoms with E-state index in [4.69, 9.17) is 9.47 Å². The quantitative estimate of drug-likeness (QED) is 0.210. The highest BCUT2D eigenvalue weighted by Gasteiger charge is 2.25. The van der Waals surface area contributed by atoms with Crippen molar-refractivity contribution in [2.75, 3.05) is 14.2 Å². The first-order valence-corrected chi connectivity index (χ1v) is 13.0. The standard InChI is InChI=1S/C22H14I4O4/c1-29-17-7-13(25)11-3-9(23)5-15(27)19(11)21(17)22-18(30-2)8-14(26)12-4-10(24)6-16(28)20(12)22/h3-8,27-28H,1-2H3. The van der Waals surface area contributed by atoms with Gasteiger partial charge < -0.3 is 19.7 Å². The normalized spacial score (nSPS) is 11.3. The molecule has 0 saturated heterocycles. The Bertz CT molecular complexity index is 1230. The van der Waals surface area contributed by atoms with Crippen molar-refractivity contribution in [1.29, 1.82) is 0 Å². The fourth-order valence-corrected chi connectivity index (χ4v) is 6.31. The fourth-order valence-electron chi connectivity index (χ4n) is 3.68. The molecule has 154 valence electrons. The molecular formula is C22H14I4O4. The van der Waals surface area contributed by atoms with E-state index < -0.39 is 0 Å². The average Bonchev–Trinajstić information content (AvgIpc) is 2.68. The molecule has 0 aliphatic heterocycles. The van der Waals surface area contributed by atoms with Crippen molar-refractivity contribution < 1.29 is 19.7 Å². The Morgan fingerprint density at radius 3 is 1.30 bits per heavy atom. The van der Waals surface area contributed by atoms with Gasteiger partial charge in [-0.3, -0.25) is 0 Å². The third-order valence-corrected chi connectivity index (χ3v) is 7.91. The highest BCUT2D eigenvalue weighted by atomic mass is 127. The molecule has 0 spiro atoms. The maximum atomic E-state index is 11.0. The van der Waals surface area contributed by atoms with Gasteiger partial charge in [-0.15, -0.1) is 0 Å². The van der Waals surface area contributed by atoms with Gasteiger partial charge in [-0.1, -0.05) is 0 Å². The summed E-state index contributed by atoms with van der Waals surface area (Å²) >= 11 is 8.89. The number of hydrogen-bond donors (Lipinski definition) is 2. The highest BCUT2D eigenvalue weighted by Crippen LogP contribution is 2.51. The van der Waals surface area contributed by atoms with E-state index in [2.05, 4.69) is 90.4 Å². The van der Waals surface area contributed by atoms with Crippen LogP contribution in [0.2, 0.25) is 0 Å². The summed E-state index contributed by atoms with van der Waals surface area (Å²) in [4.78, 5) is 0. The monoisotopic (exact) mass is 850 g/mol. The number of benzene rings is 4. The van der Waals surface area contributed by atoms with E-state index in [0.29, 0.717) is 33.4 Å². The van der Waals surface area contributed by atoms with Crippen molar-refractivity contribution in [3.05, 3.63) is 50.7 Å². The van der Waals surface area contributed by atoms with E-state index in [1.807, 2.05) is 24.3 Å². The summed E-state index contributed by atoms with van der Waals surface area (Å²) < 4.78 is 15.3. The maximum Gasteiger partial charge on any atom is 0.128 e. The lowest BCUT2D eigenvalue weighted by molar-refractivity contribution is 0.410. The average molecular weight is 850 g/mol. The molecule has 0 bridgehead atoms. The molecule has 4 aromatic carbocycles. The van der Waals surface area contributed by atoms with Crippen LogP contribution in [0.1, 0.15) is 0 Å². The fraction of sp³-hybridized carbons (Fsp3) is 0.0909. The first-order valence-electron chi connectivity index (χ1n) is 8.64. The summed E-state index contributed by atoms with van der Waals surface area (Å²) in [5, 5.41) is 25.1. The largest absolute Gasteiger partial charge is 0.507 e. The van der Waals surface area contributed by atoms with Crippen LogP contribution < -0.4 is 9.47 Å². The molecule has 30 heavy (non-hydrogen) atoms. The number of hydrogen-bond acceptors (Lipinski definition) is 4. The van der Waals surface area contributed by atoms with Crippen LogP contribution in [0.15, 0.2) is 36.4 Å². The first-order chi connectivity index (χ1) is 14.3. The Balaban J connectivity index is 2.32. The zero-order valence-electron chi connectivity index (χ0n) is 15.7. The zero-order valence-corrected chi connectivity index (χ0v) is 24.3. The minimum absolute atomic E-state index is 0.155. The van der Waals surface area contributed by atoms with Gasteiger partial charge in [-0.2, -0.15) is 0 Å². The minimum Gasteiger partial charge on any atom is -0.507 e. The number of halogens is 4. The molecule has 0 fully saturated rings. The van der Waals surface area contributed by atoms with Gasteiger partial charge in [0.05, 0.1) is 14.2 Å². The minimum atomic E-state index is 0.155. The van der Waals surface area contributed by atoms with Gasteiger partial charge in [0.2, 0.25) is 0 Å². The van der Waals surface area contributed by atoms with Crippen molar-refractivity contribution in [2.24, 2.45) is 0 Å². The lowest BCUT2D eigenvalue weighted by Crippen LogP contribution is -1.98. The topological polar surface area (TPSA) is 58.9 Å². The number of rotatable bonds is 3. The van der Waals surface area contributed by atoms with Crippen LogP contribution in [0, 0.1) is 14.3 Å². The van der Waals surface area contributed by atoms with E-state index in [0.717, 1.165) is 25.1 Å². The van der Waals surface area contributed by atoms with E-state index in [9.17, 15) is 10.2 Å². The summed E-state index contributed by atoms with van der Waals surface area (Å²) in [7, 11) is 3.21. The van der Waals surface area contributed by atoms with Gasteiger partial charge in [0.1, 0.15) is 23.0 Å². The lowest BCUT2D eigenvalue weighted by atomic mass is 9.91. The summed E-state index contributed by atoms with van der Waals surface area (Å²) in [6.45, 7) is 0. The smallest absolute Gasteiger partial charge is 0.128 e. The van der Waals surface area contributed by atoms with Gasteiger partial charge in [-0.05, 0) is 127 Å². The Hall–Kier alpha value is -0.480. The van der Waals surface area contributed by atoms with Crippen LogP contribution >= 0.6 is 90.4 Å². The molecule has 0 aromatic heterocycles. The van der Waals surface area contributed by atoms with E-state index in [-0.39, 0.29) is 11.5 Å².